The highest BCUT2D eigenvalue weighted by Crippen LogP contribution is 2.36. The van der Waals surface area contributed by atoms with E-state index in [1.807, 2.05) is 14.8 Å². The van der Waals surface area contributed by atoms with Crippen molar-refractivity contribution in [2.24, 2.45) is 0 Å². The number of thiazole rings is 1. The van der Waals surface area contributed by atoms with Crippen LogP contribution >= 0.6 is 11.3 Å². The van der Waals surface area contributed by atoms with Gasteiger partial charge in [-0.2, -0.15) is 0 Å². The quantitative estimate of drug-likeness (QED) is 0.416. The molecule has 2 aromatic carbocycles. The molecule has 0 radical (unpaired) electrons. The van der Waals surface area contributed by atoms with Crippen LogP contribution in [0.15, 0.2) is 54.3 Å². The van der Waals surface area contributed by atoms with E-state index < -0.39 is 0 Å². The number of ether oxygens (including phenoxy) is 1. The highest BCUT2D eigenvalue weighted by molar-refractivity contribution is 7.09. The molecular weight excluding hydrogens is 469 g/mol. The summed E-state index contributed by atoms with van der Waals surface area (Å²) < 4.78 is 20.2. The Kier molecular flexibility index (Phi) is 6.56. The van der Waals surface area contributed by atoms with Crippen molar-refractivity contribution in [3.8, 4) is 0 Å². The zero-order chi connectivity index (χ0) is 24.4. The molecule has 1 saturated heterocycles. The van der Waals surface area contributed by atoms with Gasteiger partial charge in [0.15, 0.2) is 0 Å². The Labute approximate surface area is 205 Å². The molecule has 1 atom stereocenters. The average molecular weight is 494 g/mol. The Morgan fingerprint density at radius 2 is 2.06 bits per heavy atom. The summed E-state index contributed by atoms with van der Waals surface area (Å²) in [5.41, 5.74) is 3.03. The third-order valence-corrected chi connectivity index (χ3v) is 6.90. The standard InChI is InChI=1S/C25H24FN5O3S/c1-34-14-22(32)29-18-11-19(25(33)31-9-2-3-21(31)24-27-8-10-35-24)23-20(12-18)28-15-30(23)13-16-4-6-17(26)7-5-16/h4-8,10-12,15,21H,2-3,9,13-14H2,1H3,(H,29,32)/t21-/m0/s1. The molecule has 2 amide bonds. The molecule has 0 spiro atoms. The summed E-state index contributed by atoms with van der Waals surface area (Å²) in [5.74, 6) is -0.770. The Bertz CT molecular complexity index is 1350. The number of benzene rings is 2. The van der Waals surface area contributed by atoms with Gasteiger partial charge in [0, 0.05) is 37.5 Å². The summed E-state index contributed by atoms with van der Waals surface area (Å²) in [6.45, 7) is 0.942. The van der Waals surface area contributed by atoms with Gasteiger partial charge in [-0.1, -0.05) is 12.1 Å². The maximum absolute atomic E-state index is 14.0. The zero-order valence-electron chi connectivity index (χ0n) is 19.1. The maximum Gasteiger partial charge on any atom is 0.256 e. The van der Waals surface area contributed by atoms with Crippen LogP contribution in [0.5, 0.6) is 0 Å². The number of nitrogens with zero attached hydrogens (tertiary/aromatic N) is 4. The second kappa shape index (κ2) is 9.93. The molecule has 3 heterocycles. The third-order valence-electron chi connectivity index (χ3n) is 6.02. The lowest BCUT2D eigenvalue weighted by atomic mass is 10.1. The molecule has 10 heteroatoms. The summed E-state index contributed by atoms with van der Waals surface area (Å²) in [5, 5.41) is 5.62. The van der Waals surface area contributed by atoms with Crippen LogP contribution < -0.4 is 5.32 Å². The number of hydrogen-bond donors (Lipinski definition) is 1. The number of halogens is 1. The molecule has 180 valence electrons. The fourth-order valence-corrected chi connectivity index (χ4v) is 5.28. The molecular formula is C25H24FN5O3S. The minimum absolute atomic E-state index is 0.0854. The van der Waals surface area contributed by atoms with Crippen molar-refractivity contribution >= 4 is 39.9 Å². The number of rotatable bonds is 7. The van der Waals surface area contributed by atoms with Gasteiger partial charge in [0.25, 0.3) is 5.91 Å². The van der Waals surface area contributed by atoms with Gasteiger partial charge < -0.3 is 19.5 Å². The van der Waals surface area contributed by atoms with Crippen molar-refractivity contribution in [3.63, 3.8) is 0 Å². The molecule has 0 saturated carbocycles. The van der Waals surface area contributed by atoms with Crippen molar-refractivity contribution in [1.29, 1.82) is 0 Å². The van der Waals surface area contributed by atoms with Crippen LogP contribution in [-0.4, -0.2) is 51.5 Å². The summed E-state index contributed by atoms with van der Waals surface area (Å²) >= 11 is 1.54. The summed E-state index contributed by atoms with van der Waals surface area (Å²) in [6.07, 6.45) is 5.15. The smallest absolute Gasteiger partial charge is 0.256 e. The molecule has 0 unspecified atom stereocenters. The normalized spacial score (nSPS) is 15.6. The zero-order valence-corrected chi connectivity index (χ0v) is 19.9. The summed E-state index contributed by atoms with van der Waals surface area (Å²) in [7, 11) is 1.45. The second-order valence-electron chi connectivity index (χ2n) is 8.40. The number of carbonyl (C=O) groups is 2. The van der Waals surface area contributed by atoms with Gasteiger partial charge in [0.05, 0.1) is 29.0 Å². The minimum Gasteiger partial charge on any atom is -0.375 e. The van der Waals surface area contributed by atoms with Crippen LogP contribution in [0, 0.1) is 5.82 Å². The van der Waals surface area contributed by atoms with Gasteiger partial charge in [-0.3, -0.25) is 9.59 Å². The van der Waals surface area contributed by atoms with Gasteiger partial charge in [-0.05, 0) is 42.7 Å². The molecule has 1 aliphatic heterocycles. The van der Waals surface area contributed by atoms with E-state index in [1.165, 1.54) is 19.2 Å². The number of amides is 2. The van der Waals surface area contributed by atoms with E-state index in [9.17, 15) is 14.0 Å². The second-order valence-corrected chi connectivity index (χ2v) is 9.32. The number of nitrogens with one attached hydrogen (secondary N) is 1. The SMILES string of the molecule is COCC(=O)Nc1cc(C(=O)N2CCC[C@H]2c2nccs2)c2c(c1)ncn2Cc1ccc(F)cc1. The average Bonchev–Trinajstić information content (AvgIpc) is 3.61. The van der Waals surface area contributed by atoms with Crippen LogP contribution in [0.25, 0.3) is 11.0 Å². The molecule has 1 aliphatic rings. The van der Waals surface area contributed by atoms with Crippen molar-refractivity contribution in [3.05, 3.63) is 76.3 Å². The van der Waals surface area contributed by atoms with Crippen molar-refractivity contribution < 1.29 is 18.7 Å². The summed E-state index contributed by atoms with van der Waals surface area (Å²) in [6, 6.07) is 9.58. The largest absolute Gasteiger partial charge is 0.375 e. The van der Waals surface area contributed by atoms with E-state index in [1.54, 1.807) is 48.1 Å². The van der Waals surface area contributed by atoms with Crippen molar-refractivity contribution in [1.82, 2.24) is 19.4 Å². The number of hydrogen-bond acceptors (Lipinski definition) is 6. The number of imidazole rings is 1. The first-order valence-corrected chi connectivity index (χ1v) is 12.1. The molecule has 5 rings (SSSR count). The Balaban J connectivity index is 1.56. The van der Waals surface area contributed by atoms with Crippen LogP contribution in [0.4, 0.5) is 10.1 Å². The summed E-state index contributed by atoms with van der Waals surface area (Å²) in [4.78, 5) is 36.9. The molecule has 4 aromatic rings. The van der Waals surface area contributed by atoms with Gasteiger partial charge in [-0.15, -0.1) is 11.3 Å². The predicted octanol–water partition coefficient (Wildman–Crippen LogP) is 4.24. The lowest BCUT2D eigenvalue weighted by molar-refractivity contribution is -0.119. The van der Waals surface area contributed by atoms with Crippen LogP contribution in [0.1, 0.15) is 39.8 Å². The Morgan fingerprint density at radius 1 is 1.23 bits per heavy atom. The van der Waals surface area contributed by atoms with E-state index in [0.29, 0.717) is 35.4 Å². The van der Waals surface area contributed by atoms with Gasteiger partial charge in [0.2, 0.25) is 5.91 Å². The topological polar surface area (TPSA) is 89.3 Å². The monoisotopic (exact) mass is 493 g/mol. The van der Waals surface area contributed by atoms with E-state index in [0.717, 1.165) is 23.4 Å². The number of methoxy groups -OCH3 is 1. The lowest BCUT2D eigenvalue weighted by Gasteiger charge is -2.24. The van der Waals surface area contributed by atoms with Crippen molar-refractivity contribution in [2.75, 3.05) is 25.6 Å². The highest BCUT2D eigenvalue weighted by Gasteiger charge is 2.33. The number of anilines is 1. The van der Waals surface area contributed by atoms with Gasteiger partial charge in [0.1, 0.15) is 17.4 Å². The molecule has 1 fully saturated rings. The first kappa shape index (κ1) is 23.1. The Hall–Kier alpha value is -3.63. The number of likely N-dealkylation sites (tertiary alicyclic amines) is 1. The molecule has 1 N–H and O–H groups in total. The first-order valence-electron chi connectivity index (χ1n) is 11.3. The van der Waals surface area contributed by atoms with Crippen LogP contribution in [0.2, 0.25) is 0 Å². The van der Waals surface area contributed by atoms with Gasteiger partial charge in [-0.25, -0.2) is 14.4 Å². The lowest BCUT2D eigenvalue weighted by Crippen LogP contribution is -2.31. The van der Waals surface area contributed by atoms with Gasteiger partial charge >= 0.3 is 0 Å². The molecule has 35 heavy (non-hydrogen) atoms. The van der Waals surface area contributed by atoms with Crippen LogP contribution in [-0.2, 0) is 16.1 Å². The molecule has 0 bridgehead atoms. The molecule has 8 nitrogen and oxygen atoms in total. The van der Waals surface area contributed by atoms with Crippen LogP contribution in [0.3, 0.4) is 0 Å². The third kappa shape index (κ3) is 4.80. The fraction of sp³-hybridized carbons (Fsp3) is 0.280. The molecule has 2 aromatic heterocycles. The number of fused-ring (bicyclic) bond motifs is 1. The fourth-order valence-electron chi connectivity index (χ4n) is 4.50. The maximum atomic E-state index is 14.0. The predicted molar refractivity (Wildman–Crippen MR) is 131 cm³/mol. The number of carbonyl (C=O) groups excluding carboxylic acids is 2. The van der Waals surface area contributed by atoms with E-state index >= 15 is 0 Å². The van der Waals surface area contributed by atoms with Crippen molar-refractivity contribution in [2.45, 2.75) is 25.4 Å². The first-order chi connectivity index (χ1) is 17.0. The Morgan fingerprint density at radius 3 is 2.80 bits per heavy atom. The van der Waals surface area contributed by atoms with E-state index in [-0.39, 0.29) is 30.3 Å². The highest BCUT2D eigenvalue weighted by atomic mass is 32.1. The minimum atomic E-state index is -0.321. The number of aromatic nitrogens is 3. The molecule has 0 aliphatic carbocycles. The van der Waals surface area contributed by atoms with E-state index in [2.05, 4.69) is 15.3 Å². The van der Waals surface area contributed by atoms with E-state index in [4.69, 9.17) is 4.74 Å².